The SMILES string of the molecule is O=C(O)CCc1ccc([N+](=O)[O-])cc1[N+](=O)[O-]. The van der Waals surface area contributed by atoms with E-state index in [1.807, 2.05) is 0 Å². The molecule has 0 saturated carbocycles. The van der Waals surface area contributed by atoms with Crippen molar-refractivity contribution in [1.82, 2.24) is 0 Å². The molecular weight excluding hydrogens is 232 g/mol. The molecule has 0 amide bonds. The van der Waals surface area contributed by atoms with Crippen LogP contribution in [0.2, 0.25) is 0 Å². The van der Waals surface area contributed by atoms with Gasteiger partial charge >= 0.3 is 5.97 Å². The fraction of sp³-hybridized carbons (Fsp3) is 0.222. The molecule has 0 bridgehead atoms. The van der Waals surface area contributed by atoms with Crippen LogP contribution < -0.4 is 0 Å². The van der Waals surface area contributed by atoms with Gasteiger partial charge in [-0.05, 0) is 12.5 Å². The molecule has 0 fully saturated rings. The lowest BCUT2D eigenvalue weighted by Gasteiger charge is -2.00. The Hall–Kier alpha value is -2.51. The van der Waals surface area contributed by atoms with Gasteiger partial charge in [-0.2, -0.15) is 0 Å². The van der Waals surface area contributed by atoms with Crippen molar-refractivity contribution in [3.8, 4) is 0 Å². The number of nitro groups is 2. The number of rotatable bonds is 5. The molecule has 90 valence electrons. The van der Waals surface area contributed by atoms with Gasteiger partial charge in [0.25, 0.3) is 11.4 Å². The Balaban J connectivity index is 3.08. The van der Waals surface area contributed by atoms with E-state index < -0.39 is 27.2 Å². The second-order valence-electron chi connectivity index (χ2n) is 3.22. The van der Waals surface area contributed by atoms with Crippen molar-refractivity contribution in [3.05, 3.63) is 44.0 Å². The Morgan fingerprint density at radius 2 is 1.88 bits per heavy atom. The van der Waals surface area contributed by atoms with Gasteiger partial charge in [-0.1, -0.05) is 0 Å². The quantitative estimate of drug-likeness (QED) is 0.614. The lowest BCUT2D eigenvalue weighted by Crippen LogP contribution is -2.01. The van der Waals surface area contributed by atoms with Gasteiger partial charge in [0, 0.05) is 18.1 Å². The summed E-state index contributed by atoms with van der Waals surface area (Å²) in [5, 5.41) is 29.6. The van der Waals surface area contributed by atoms with Crippen LogP contribution in [0, 0.1) is 20.2 Å². The monoisotopic (exact) mass is 240 g/mol. The molecule has 0 aliphatic rings. The van der Waals surface area contributed by atoms with Crippen LogP contribution in [-0.2, 0) is 11.2 Å². The van der Waals surface area contributed by atoms with Gasteiger partial charge in [-0.3, -0.25) is 25.0 Å². The lowest BCUT2D eigenvalue weighted by atomic mass is 10.1. The summed E-state index contributed by atoms with van der Waals surface area (Å²) in [6.45, 7) is 0. The average Bonchev–Trinajstić information content (AvgIpc) is 2.25. The van der Waals surface area contributed by atoms with Crippen LogP contribution in [0.25, 0.3) is 0 Å². The van der Waals surface area contributed by atoms with Gasteiger partial charge in [0.1, 0.15) is 0 Å². The van der Waals surface area contributed by atoms with E-state index in [2.05, 4.69) is 0 Å². The van der Waals surface area contributed by atoms with Crippen molar-refractivity contribution < 1.29 is 19.7 Å². The molecule has 0 saturated heterocycles. The predicted octanol–water partition coefficient (Wildman–Crippen LogP) is 1.52. The second kappa shape index (κ2) is 5.01. The first-order valence-corrected chi connectivity index (χ1v) is 4.55. The third-order valence-electron chi connectivity index (χ3n) is 2.08. The highest BCUT2D eigenvalue weighted by atomic mass is 16.6. The number of carboxylic acid groups (broad SMARTS) is 1. The highest BCUT2D eigenvalue weighted by Crippen LogP contribution is 2.25. The van der Waals surface area contributed by atoms with Gasteiger partial charge in [0.15, 0.2) is 0 Å². The van der Waals surface area contributed by atoms with Crippen LogP contribution in [0.4, 0.5) is 11.4 Å². The largest absolute Gasteiger partial charge is 0.481 e. The Kier molecular flexibility index (Phi) is 3.70. The topological polar surface area (TPSA) is 124 Å². The number of carbonyl (C=O) groups is 1. The summed E-state index contributed by atoms with van der Waals surface area (Å²) in [4.78, 5) is 30.0. The van der Waals surface area contributed by atoms with Crippen LogP contribution in [-0.4, -0.2) is 20.9 Å². The Bertz CT molecular complexity index is 484. The van der Waals surface area contributed by atoms with Crippen LogP contribution in [0.5, 0.6) is 0 Å². The fourth-order valence-corrected chi connectivity index (χ4v) is 1.29. The molecule has 8 heteroatoms. The summed E-state index contributed by atoms with van der Waals surface area (Å²) in [5.41, 5.74) is -0.653. The number of hydrogen-bond donors (Lipinski definition) is 1. The summed E-state index contributed by atoms with van der Waals surface area (Å²) in [5.74, 6) is -1.09. The normalized spacial score (nSPS) is 9.88. The lowest BCUT2D eigenvalue weighted by molar-refractivity contribution is -0.394. The molecule has 0 aliphatic heterocycles. The number of nitro benzene ring substituents is 2. The van der Waals surface area contributed by atoms with E-state index in [0.717, 1.165) is 12.1 Å². The molecule has 1 aromatic rings. The minimum absolute atomic E-state index is 0.0381. The number of benzene rings is 1. The van der Waals surface area contributed by atoms with Crippen molar-refractivity contribution in [2.75, 3.05) is 0 Å². The molecule has 0 aliphatic carbocycles. The highest BCUT2D eigenvalue weighted by Gasteiger charge is 2.19. The Labute approximate surface area is 94.8 Å². The molecule has 17 heavy (non-hydrogen) atoms. The fourth-order valence-electron chi connectivity index (χ4n) is 1.29. The zero-order valence-corrected chi connectivity index (χ0v) is 8.53. The molecule has 1 N–H and O–H groups in total. The zero-order valence-electron chi connectivity index (χ0n) is 8.53. The van der Waals surface area contributed by atoms with Gasteiger partial charge in [-0.25, -0.2) is 0 Å². The van der Waals surface area contributed by atoms with Crippen LogP contribution in [0.15, 0.2) is 18.2 Å². The van der Waals surface area contributed by atoms with Crippen molar-refractivity contribution in [2.45, 2.75) is 12.8 Å². The Morgan fingerprint density at radius 1 is 1.24 bits per heavy atom. The molecule has 0 atom stereocenters. The molecule has 1 rings (SSSR count). The number of nitrogens with zero attached hydrogens (tertiary/aromatic N) is 2. The number of hydrogen-bond acceptors (Lipinski definition) is 5. The van der Waals surface area contributed by atoms with E-state index >= 15 is 0 Å². The average molecular weight is 240 g/mol. The first-order valence-electron chi connectivity index (χ1n) is 4.55. The molecule has 8 nitrogen and oxygen atoms in total. The van der Waals surface area contributed by atoms with Gasteiger partial charge in [0.05, 0.1) is 15.9 Å². The third-order valence-corrected chi connectivity index (χ3v) is 2.08. The molecule has 0 unspecified atom stereocenters. The molecule has 0 radical (unpaired) electrons. The number of aryl methyl sites for hydroxylation is 1. The predicted molar refractivity (Wildman–Crippen MR) is 55.7 cm³/mol. The number of aliphatic carboxylic acids is 1. The van der Waals surface area contributed by atoms with E-state index in [9.17, 15) is 25.0 Å². The van der Waals surface area contributed by atoms with E-state index in [0.29, 0.717) is 0 Å². The summed E-state index contributed by atoms with van der Waals surface area (Å²) in [6, 6.07) is 3.15. The minimum atomic E-state index is -1.09. The van der Waals surface area contributed by atoms with Crippen LogP contribution in [0.3, 0.4) is 0 Å². The maximum atomic E-state index is 10.7. The van der Waals surface area contributed by atoms with Gasteiger partial charge in [-0.15, -0.1) is 0 Å². The molecule has 0 spiro atoms. The van der Waals surface area contributed by atoms with Crippen molar-refractivity contribution in [2.24, 2.45) is 0 Å². The molecule has 0 aromatic heterocycles. The first-order chi connectivity index (χ1) is 7.91. The summed E-state index contributed by atoms with van der Waals surface area (Å²) < 4.78 is 0. The van der Waals surface area contributed by atoms with E-state index in [1.54, 1.807) is 0 Å². The zero-order chi connectivity index (χ0) is 13.0. The van der Waals surface area contributed by atoms with Crippen LogP contribution >= 0.6 is 0 Å². The summed E-state index contributed by atoms with van der Waals surface area (Å²) in [6.07, 6.45) is -0.303. The third kappa shape index (κ3) is 3.23. The summed E-state index contributed by atoms with van der Waals surface area (Å²) in [7, 11) is 0. The highest BCUT2D eigenvalue weighted by molar-refractivity contribution is 5.67. The maximum absolute atomic E-state index is 10.7. The number of non-ortho nitro benzene ring substituents is 1. The van der Waals surface area contributed by atoms with Gasteiger partial charge < -0.3 is 5.11 Å². The van der Waals surface area contributed by atoms with Gasteiger partial charge in [0.2, 0.25) is 0 Å². The van der Waals surface area contributed by atoms with Crippen molar-refractivity contribution in [3.63, 3.8) is 0 Å². The molecule has 1 aromatic carbocycles. The minimum Gasteiger partial charge on any atom is -0.481 e. The van der Waals surface area contributed by atoms with Crippen molar-refractivity contribution >= 4 is 17.3 Å². The molecular formula is C9H8N2O6. The Morgan fingerprint density at radius 3 is 2.35 bits per heavy atom. The molecule has 0 heterocycles. The smallest absolute Gasteiger partial charge is 0.303 e. The standard InChI is InChI=1S/C9H8N2O6/c12-9(13)4-2-6-1-3-7(10(14)15)5-8(6)11(16)17/h1,3,5H,2,4H2,(H,12,13). The van der Waals surface area contributed by atoms with E-state index in [-0.39, 0.29) is 18.4 Å². The van der Waals surface area contributed by atoms with Crippen molar-refractivity contribution in [1.29, 1.82) is 0 Å². The van der Waals surface area contributed by atoms with E-state index in [1.165, 1.54) is 6.07 Å². The van der Waals surface area contributed by atoms with E-state index in [4.69, 9.17) is 5.11 Å². The number of carboxylic acids is 1. The summed E-state index contributed by atoms with van der Waals surface area (Å²) >= 11 is 0. The maximum Gasteiger partial charge on any atom is 0.303 e. The first kappa shape index (κ1) is 12.6. The van der Waals surface area contributed by atoms with Crippen LogP contribution in [0.1, 0.15) is 12.0 Å². The second-order valence-corrected chi connectivity index (χ2v) is 3.22.